The fourth-order valence-corrected chi connectivity index (χ4v) is 2.04. The summed E-state index contributed by atoms with van der Waals surface area (Å²) in [6.07, 6.45) is -0.647. The Bertz CT molecular complexity index is 774. The van der Waals surface area contributed by atoms with E-state index in [-0.39, 0.29) is 6.42 Å². The van der Waals surface area contributed by atoms with Gasteiger partial charge in [-0.25, -0.2) is 0 Å². The van der Waals surface area contributed by atoms with Gasteiger partial charge in [0.25, 0.3) is 0 Å². The number of hydrogen-bond donors (Lipinski definition) is 0. The second-order valence-corrected chi connectivity index (χ2v) is 5.11. The van der Waals surface area contributed by atoms with Crippen molar-refractivity contribution in [1.29, 1.82) is 0 Å². The topological polar surface area (TPSA) is 31.4 Å². The Labute approximate surface area is 149 Å². The molecule has 0 fully saturated rings. The van der Waals surface area contributed by atoms with Gasteiger partial charge in [0, 0.05) is 18.3 Å². The van der Waals surface area contributed by atoms with Gasteiger partial charge in [-0.05, 0) is 29.8 Å². The number of halogens is 7. The van der Waals surface area contributed by atoms with Crippen LogP contribution in [0.3, 0.4) is 0 Å². The van der Waals surface area contributed by atoms with E-state index in [0.29, 0.717) is 17.5 Å². The van der Waals surface area contributed by atoms with E-state index in [1.807, 2.05) is 0 Å². The number of pyridine rings is 1. The zero-order valence-corrected chi connectivity index (χ0v) is 13.4. The zero-order valence-electron chi connectivity index (χ0n) is 13.4. The molecule has 0 aliphatic heterocycles. The van der Waals surface area contributed by atoms with E-state index in [0.717, 1.165) is 18.2 Å². The predicted octanol–water partition coefficient (Wildman–Crippen LogP) is 5.56. The summed E-state index contributed by atoms with van der Waals surface area (Å²) in [5, 5.41) is 0. The average Bonchev–Trinajstić information content (AvgIpc) is 2.56. The molecule has 0 atom stereocenters. The maximum atomic E-state index is 12.5. The van der Waals surface area contributed by atoms with Crippen molar-refractivity contribution in [2.75, 3.05) is 0 Å². The van der Waals surface area contributed by atoms with Crippen LogP contribution in [0.4, 0.5) is 30.7 Å². The normalized spacial score (nSPS) is 12.2. The maximum absolute atomic E-state index is 12.5. The van der Waals surface area contributed by atoms with Crippen molar-refractivity contribution >= 4 is 6.08 Å². The number of ether oxygens (including phenoxy) is 2. The highest BCUT2D eigenvalue weighted by Crippen LogP contribution is 2.32. The first-order valence-electron chi connectivity index (χ1n) is 7.37. The molecule has 1 aromatic carbocycles. The molecule has 0 aliphatic carbocycles. The van der Waals surface area contributed by atoms with Gasteiger partial charge in [-0.15, -0.1) is 0 Å². The van der Waals surface area contributed by atoms with Crippen LogP contribution in [-0.4, -0.2) is 18.2 Å². The average molecular weight is 395 g/mol. The first-order chi connectivity index (χ1) is 12.6. The van der Waals surface area contributed by atoms with E-state index >= 15 is 0 Å². The Balaban J connectivity index is 2.09. The largest absolute Gasteiger partial charge is 0.431 e. The smallest absolute Gasteiger partial charge is 0.417 e. The minimum atomic E-state index is -4.48. The molecule has 2 aromatic rings. The summed E-state index contributed by atoms with van der Waals surface area (Å²) in [6.45, 7) is -6.45. The van der Waals surface area contributed by atoms with Crippen LogP contribution < -0.4 is 9.47 Å². The van der Waals surface area contributed by atoms with Crippen LogP contribution in [0.2, 0.25) is 0 Å². The molecular formula is C17H12F7NO2. The van der Waals surface area contributed by atoms with Crippen LogP contribution in [0.5, 0.6) is 11.5 Å². The molecule has 3 nitrogen and oxygen atoms in total. The predicted molar refractivity (Wildman–Crippen MR) is 81.7 cm³/mol. The lowest BCUT2D eigenvalue weighted by atomic mass is 10.1. The molecule has 10 heteroatoms. The molecule has 0 spiro atoms. The Kier molecular flexibility index (Phi) is 6.65. The summed E-state index contributed by atoms with van der Waals surface area (Å²) < 4.78 is 94.9. The van der Waals surface area contributed by atoms with Crippen LogP contribution >= 0.6 is 0 Å². The molecule has 0 bridgehead atoms. The highest BCUT2D eigenvalue weighted by atomic mass is 19.4. The van der Waals surface area contributed by atoms with E-state index in [2.05, 4.69) is 14.5 Å². The zero-order chi connectivity index (χ0) is 20.0. The SMILES string of the molecule is FC(F)Oc1ccc(/C=C/Cc2ccc(C(F)(F)F)cn2)cc1OC(F)F. The monoisotopic (exact) mass is 395 g/mol. The van der Waals surface area contributed by atoms with Gasteiger partial charge in [-0.3, -0.25) is 4.98 Å². The quantitative estimate of drug-likeness (QED) is 0.576. The highest BCUT2D eigenvalue weighted by molar-refractivity contribution is 5.56. The van der Waals surface area contributed by atoms with Crippen LogP contribution in [0.25, 0.3) is 6.08 Å². The molecule has 0 amide bonds. The molecule has 27 heavy (non-hydrogen) atoms. The Morgan fingerprint density at radius 2 is 1.59 bits per heavy atom. The van der Waals surface area contributed by atoms with E-state index in [1.54, 1.807) is 0 Å². The number of allylic oxidation sites excluding steroid dienone is 1. The van der Waals surface area contributed by atoms with Crippen LogP contribution in [-0.2, 0) is 12.6 Å². The molecule has 0 radical (unpaired) electrons. The number of rotatable bonds is 7. The standard InChI is InChI=1S/C17H12F7NO2/c18-15(19)26-13-7-4-10(8-14(13)27-16(20)21)2-1-3-12-6-5-11(9-25-12)17(22,23)24/h1-2,4-9,15-16H,3H2/b2-1+. The number of aromatic nitrogens is 1. The summed E-state index contributed by atoms with van der Waals surface area (Å²) in [6, 6.07) is 5.53. The van der Waals surface area contributed by atoms with Crippen molar-refractivity contribution < 1.29 is 40.2 Å². The van der Waals surface area contributed by atoms with Crippen molar-refractivity contribution in [3.63, 3.8) is 0 Å². The van der Waals surface area contributed by atoms with Crippen molar-refractivity contribution in [2.45, 2.75) is 25.8 Å². The number of nitrogens with zero attached hydrogens (tertiary/aromatic N) is 1. The molecule has 0 N–H and O–H groups in total. The van der Waals surface area contributed by atoms with E-state index in [4.69, 9.17) is 0 Å². The molecule has 2 rings (SSSR count). The second kappa shape index (κ2) is 8.74. The Hall–Kier alpha value is -2.78. The van der Waals surface area contributed by atoms with E-state index in [9.17, 15) is 30.7 Å². The van der Waals surface area contributed by atoms with Gasteiger partial charge in [0.2, 0.25) is 0 Å². The van der Waals surface area contributed by atoms with Gasteiger partial charge < -0.3 is 9.47 Å². The van der Waals surface area contributed by atoms with Crippen molar-refractivity contribution in [3.8, 4) is 11.5 Å². The Morgan fingerprint density at radius 1 is 0.926 bits per heavy atom. The van der Waals surface area contributed by atoms with Gasteiger partial charge >= 0.3 is 19.4 Å². The first kappa shape index (κ1) is 20.5. The molecule has 1 aromatic heterocycles. The number of benzene rings is 1. The van der Waals surface area contributed by atoms with Crippen molar-refractivity contribution in [3.05, 3.63) is 59.4 Å². The molecule has 0 aliphatic rings. The van der Waals surface area contributed by atoms with Crippen molar-refractivity contribution in [1.82, 2.24) is 4.98 Å². The molecular weight excluding hydrogens is 383 g/mol. The minimum Gasteiger partial charge on any atom is -0.431 e. The molecule has 146 valence electrons. The van der Waals surface area contributed by atoms with Gasteiger partial charge in [-0.1, -0.05) is 18.2 Å². The third kappa shape index (κ3) is 6.46. The third-order valence-corrected chi connectivity index (χ3v) is 3.19. The van der Waals surface area contributed by atoms with Crippen LogP contribution in [0, 0.1) is 0 Å². The fourth-order valence-electron chi connectivity index (χ4n) is 2.04. The third-order valence-electron chi connectivity index (χ3n) is 3.19. The summed E-state index contributed by atoms with van der Waals surface area (Å²) >= 11 is 0. The van der Waals surface area contributed by atoms with Crippen LogP contribution in [0.1, 0.15) is 16.8 Å². The van der Waals surface area contributed by atoms with Gasteiger partial charge in [-0.2, -0.15) is 30.7 Å². The number of alkyl halides is 7. The number of hydrogen-bond acceptors (Lipinski definition) is 3. The molecule has 0 saturated heterocycles. The Morgan fingerprint density at radius 3 is 2.15 bits per heavy atom. The van der Waals surface area contributed by atoms with E-state index in [1.165, 1.54) is 24.3 Å². The van der Waals surface area contributed by atoms with Gasteiger partial charge in [0.05, 0.1) is 5.56 Å². The summed E-state index contributed by atoms with van der Waals surface area (Å²) in [4.78, 5) is 3.68. The van der Waals surface area contributed by atoms with Crippen LogP contribution in [0.15, 0.2) is 42.6 Å². The summed E-state index contributed by atoms with van der Waals surface area (Å²) in [5.74, 6) is -1.12. The highest BCUT2D eigenvalue weighted by Gasteiger charge is 2.30. The van der Waals surface area contributed by atoms with Gasteiger partial charge in [0.15, 0.2) is 11.5 Å². The summed E-state index contributed by atoms with van der Waals surface area (Å²) in [7, 11) is 0. The molecule has 0 unspecified atom stereocenters. The summed E-state index contributed by atoms with van der Waals surface area (Å²) in [5.41, 5.74) is -0.196. The second-order valence-electron chi connectivity index (χ2n) is 5.11. The lowest BCUT2D eigenvalue weighted by Gasteiger charge is -2.12. The van der Waals surface area contributed by atoms with Gasteiger partial charge in [0.1, 0.15) is 0 Å². The lowest BCUT2D eigenvalue weighted by molar-refractivity contribution is -0.137. The minimum absolute atomic E-state index is 0.165. The lowest BCUT2D eigenvalue weighted by Crippen LogP contribution is -2.07. The first-order valence-corrected chi connectivity index (χ1v) is 7.37. The maximum Gasteiger partial charge on any atom is 0.417 e. The van der Waals surface area contributed by atoms with Crippen molar-refractivity contribution in [2.24, 2.45) is 0 Å². The van der Waals surface area contributed by atoms with E-state index < -0.39 is 36.5 Å². The molecule has 1 heterocycles. The molecule has 0 saturated carbocycles. The fraction of sp³-hybridized carbons (Fsp3) is 0.235.